The molecule has 21 heavy (non-hydrogen) atoms. The number of hydrogen-bond donors (Lipinski definition) is 3. The van der Waals surface area contributed by atoms with E-state index < -0.39 is 0 Å². The smallest absolute Gasteiger partial charge is 0.245 e. The van der Waals surface area contributed by atoms with Crippen molar-refractivity contribution in [2.75, 3.05) is 24.5 Å². The zero-order valence-electron chi connectivity index (χ0n) is 11.8. The molecule has 0 aliphatic carbocycles. The molecule has 0 spiro atoms. The number of anilines is 1. The summed E-state index contributed by atoms with van der Waals surface area (Å²) in [6.45, 7) is 2.75. The number of hydrogen-bond acceptors (Lipinski definition) is 4. The quantitative estimate of drug-likeness (QED) is 0.705. The van der Waals surface area contributed by atoms with Gasteiger partial charge in [0.2, 0.25) is 5.91 Å². The summed E-state index contributed by atoms with van der Waals surface area (Å²) in [7, 11) is 0. The van der Waals surface area contributed by atoms with Gasteiger partial charge in [0.15, 0.2) is 0 Å². The van der Waals surface area contributed by atoms with E-state index >= 15 is 0 Å². The fourth-order valence-corrected chi connectivity index (χ4v) is 3.70. The Balaban J connectivity index is 0.00000132. The van der Waals surface area contributed by atoms with Crippen LogP contribution in [0, 0.1) is 5.92 Å². The number of para-hydroxylation sites is 1. The fraction of sp³-hybridized carbons (Fsp3) is 0.533. The molecular formula is C15H21ClN4O. The van der Waals surface area contributed by atoms with Crippen molar-refractivity contribution in [3.63, 3.8) is 0 Å². The normalized spacial score (nSPS) is 30.5. The molecule has 3 unspecified atom stereocenters. The van der Waals surface area contributed by atoms with Crippen LogP contribution in [0.5, 0.6) is 0 Å². The molecule has 3 heterocycles. The molecule has 2 saturated heterocycles. The van der Waals surface area contributed by atoms with Gasteiger partial charge in [-0.05, 0) is 31.0 Å². The average Bonchev–Trinajstić information content (AvgIpc) is 3.11. The number of hydrazine groups is 1. The second-order valence-corrected chi connectivity index (χ2v) is 5.90. The van der Waals surface area contributed by atoms with Gasteiger partial charge in [0.25, 0.3) is 0 Å². The predicted molar refractivity (Wildman–Crippen MR) is 84.6 cm³/mol. The van der Waals surface area contributed by atoms with Gasteiger partial charge in [-0.15, -0.1) is 12.4 Å². The molecule has 1 aromatic rings. The van der Waals surface area contributed by atoms with E-state index in [4.69, 9.17) is 0 Å². The third-order valence-corrected chi connectivity index (χ3v) is 4.80. The predicted octanol–water partition coefficient (Wildman–Crippen LogP) is 0.452. The van der Waals surface area contributed by atoms with Crippen molar-refractivity contribution in [1.29, 1.82) is 0 Å². The van der Waals surface area contributed by atoms with Gasteiger partial charge in [0.05, 0.1) is 0 Å². The van der Waals surface area contributed by atoms with Gasteiger partial charge >= 0.3 is 0 Å². The van der Waals surface area contributed by atoms with E-state index in [-0.39, 0.29) is 24.4 Å². The molecular weight excluding hydrogens is 288 g/mol. The van der Waals surface area contributed by atoms with Gasteiger partial charge in [-0.25, -0.2) is 5.43 Å². The van der Waals surface area contributed by atoms with E-state index in [2.05, 4.69) is 28.3 Å². The second kappa shape index (κ2) is 5.93. The molecule has 0 bridgehead atoms. The average molecular weight is 309 g/mol. The Morgan fingerprint density at radius 1 is 1.24 bits per heavy atom. The van der Waals surface area contributed by atoms with Gasteiger partial charge in [-0.2, -0.15) is 0 Å². The highest BCUT2D eigenvalue weighted by Crippen LogP contribution is 2.30. The molecule has 0 saturated carbocycles. The standard InChI is InChI=1S/C15H20N4O.ClH/c20-15(14-11-9-16-7-5-12(11)17-18-14)19-8-6-10-3-1-2-4-13(10)19;/h1-4,11-12,14,16-18H,5-9H2;1H. The molecule has 1 amide bonds. The van der Waals surface area contributed by atoms with Crippen LogP contribution in [0.4, 0.5) is 5.69 Å². The van der Waals surface area contributed by atoms with E-state index in [1.807, 2.05) is 17.0 Å². The van der Waals surface area contributed by atoms with Gasteiger partial charge in [0.1, 0.15) is 6.04 Å². The molecule has 3 aliphatic rings. The number of amides is 1. The van der Waals surface area contributed by atoms with Gasteiger partial charge < -0.3 is 10.2 Å². The summed E-state index contributed by atoms with van der Waals surface area (Å²) in [4.78, 5) is 14.8. The maximum absolute atomic E-state index is 12.9. The first-order valence-electron chi connectivity index (χ1n) is 7.45. The highest BCUT2D eigenvalue weighted by Gasteiger charge is 2.43. The Hall–Kier alpha value is -1.14. The summed E-state index contributed by atoms with van der Waals surface area (Å²) >= 11 is 0. The Bertz CT molecular complexity index is 538. The topological polar surface area (TPSA) is 56.4 Å². The van der Waals surface area contributed by atoms with E-state index in [1.165, 1.54) is 5.56 Å². The second-order valence-electron chi connectivity index (χ2n) is 5.90. The van der Waals surface area contributed by atoms with Crippen molar-refractivity contribution in [2.24, 2.45) is 5.92 Å². The minimum Gasteiger partial charge on any atom is -0.316 e. The lowest BCUT2D eigenvalue weighted by Crippen LogP contribution is -2.50. The van der Waals surface area contributed by atoms with Crippen LogP contribution in [0.15, 0.2) is 24.3 Å². The number of rotatable bonds is 1. The molecule has 3 atom stereocenters. The van der Waals surface area contributed by atoms with Gasteiger partial charge in [-0.1, -0.05) is 18.2 Å². The maximum Gasteiger partial charge on any atom is 0.245 e. The molecule has 0 radical (unpaired) electrons. The number of carbonyl (C=O) groups is 1. The Labute approximate surface area is 130 Å². The third-order valence-electron chi connectivity index (χ3n) is 4.80. The van der Waals surface area contributed by atoms with Crippen molar-refractivity contribution in [3.8, 4) is 0 Å². The van der Waals surface area contributed by atoms with E-state index in [0.29, 0.717) is 12.0 Å². The number of nitrogens with one attached hydrogen (secondary N) is 3. The van der Waals surface area contributed by atoms with Crippen molar-refractivity contribution in [3.05, 3.63) is 29.8 Å². The van der Waals surface area contributed by atoms with Crippen LogP contribution in [-0.2, 0) is 11.2 Å². The van der Waals surface area contributed by atoms with Crippen LogP contribution in [-0.4, -0.2) is 37.6 Å². The first-order chi connectivity index (χ1) is 9.84. The first kappa shape index (κ1) is 14.8. The number of carbonyl (C=O) groups excluding carboxylic acids is 1. The number of nitrogens with zero attached hydrogens (tertiary/aromatic N) is 1. The van der Waals surface area contributed by atoms with Crippen LogP contribution in [0.2, 0.25) is 0 Å². The monoisotopic (exact) mass is 308 g/mol. The SMILES string of the molecule is Cl.O=C(C1NNC2CCNCC21)N1CCc2ccccc21. The van der Waals surface area contributed by atoms with Crippen LogP contribution < -0.4 is 21.1 Å². The lowest BCUT2D eigenvalue weighted by molar-refractivity contribution is -0.121. The lowest BCUT2D eigenvalue weighted by atomic mass is 9.89. The number of fused-ring (bicyclic) bond motifs is 2. The minimum absolute atomic E-state index is 0. The molecule has 5 nitrogen and oxygen atoms in total. The highest BCUT2D eigenvalue weighted by molar-refractivity contribution is 5.99. The largest absolute Gasteiger partial charge is 0.316 e. The van der Waals surface area contributed by atoms with Crippen LogP contribution >= 0.6 is 12.4 Å². The summed E-state index contributed by atoms with van der Waals surface area (Å²) in [6.07, 6.45) is 2.05. The summed E-state index contributed by atoms with van der Waals surface area (Å²) in [6, 6.07) is 8.54. The van der Waals surface area contributed by atoms with Crippen LogP contribution in [0.3, 0.4) is 0 Å². The van der Waals surface area contributed by atoms with E-state index in [1.54, 1.807) is 0 Å². The molecule has 3 aliphatic heterocycles. The summed E-state index contributed by atoms with van der Waals surface area (Å²) in [5.74, 6) is 0.558. The molecule has 2 fully saturated rings. The zero-order chi connectivity index (χ0) is 13.5. The Morgan fingerprint density at radius 2 is 2.10 bits per heavy atom. The number of benzene rings is 1. The molecule has 114 valence electrons. The highest BCUT2D eigenvalue weighted by atomic mass is 35.5. The van der Waals surface area contributed by atoms with Crippen molar-refractivity contribution in [2.45, 2.75) is 24.9 Å². The minimum atomic E-state index is -0.112. The lowest BCUT2D eigenvalue weighted by Gasteiger charge is -2.29. The molecule has 0 aromatic heterocycles. The van der Waals surface area contributed by atoms with Crippen LogP contribution in [0.25, 0.3) is 0 Å². The van der Waals surface area contributed by atoms with E-state index in [0.717, 1.165) is 38.2 Å². The third kappa shape index (κ3) is 2.44. The Kier molecular flexibility index (Phi) is 4.17. The fourth-order valence-electron chi connectivity index (χ4n) is 3.70. The van der Waals surface area contributed by atoms with Crippen LogP contribution in [0.1, 0.15) is 12.0 Å². The van der Waals surface area contributed by atoms with Gasteiger partial charge in [0, 0.05) is 30.7 Å². The number of halogens is 1. The first-order valence-corrected chi connectivity index (χ1v) is 7.45. The molecule has 4 rings (SSSR count). The summed E-state index contributed by atoms with van der Waals surface area (Å²) in [5, 5.41) is 3.40. The summed E-state index contributed by atoms with van der Waals surface area (Å²) in [5.41, 5.74) is 8.90. The van der Waals surface area contributed by atoms with Crippen molar-refractivity contribution in [1.82, 2.24) is 16.2 Å². The Morgan fingerprint density at radius 3 is 3.00 bits per heavy atom. The maximum atomic E-state index is 12.9. The van der Waals surface area contributed by atoms with Crippen molar-refractivity contribution >= 4 is 24.0 Å². The van der Waals surface area contributed by atoms with Crippen molar-refractivity contribution < 1.29 is 4.79 Å². The van der Waals surface area contributed by atoms with E-state index in [9.17, 15) is 4.79 Å². The molecule has 1 aromatic carbocycles. The summed E-state index contributed by atoms with van der Waals surface area (Å²) < 4.78 is 0. The zero-order valence-corrected chi connectivity index (χ0v) is 12.7. The molecule has 3 N–H and O–H groups in total. The number of piperidine rings is 1. The molecule has 6 heteroatoms. The van der Waals surface area contributed by atoms with Gasteiger partial charge in [-0.3, -0.25) is 10.2 Å².